The largest absolute Gasteiger partial charge is 0.365 e. The van der Waals surface area contributed by atoms with Crippen LogP contribution in [0.15, 0.2) is 12.4 Å². The molecule has 24 heavy (non-hydrogen) atoms. The zero-order valence-electron chi connectivity index (χ0n) is 14.2. The van der Waals surface area contributed by atoms with E-state index in [1.54, 1.807) is 6.33 Å². The molecule has 2 aliphatic rings. The van der Waals surface area contributed by atoms with Crippen molar-refractivity contribution in [3.8, 4) is 0 Å². The molecule has 0 unspecified atom stereocenters. The summed E-state index contributed by atoms with van der Waals surface area (Å²) >= 11 is 0. The molecule has 0 bridgehead atoms. The number of hydrogen-bond acceptors (Lipinski definition) is 5. The summed E-state index contributed by atoms with van der Waals surface area (Å²) in [6, 6.07) is 2.29. The van der Waals surface area contributed by atoms with Crippen LogP contribution in [0.5, 0.6) is 0 Å². The number of piperidine rings is 1. The molecule has 1 aliphatic carbocycles. The van der Waals surface area contributed by atoms with Gasteiger partial charge in [-0.2, -0.15) is 0 Å². The Labute approximate surface area is 141 Å². The van der Waals surface area contributed by atoms with Crippen molar-refractivity contribution in [3.63, 3.8) is 0 Å². The third-order valence-corrected chi connectivity index (χ3v) is 4.93. The summed E-state index contributed by atoms with van der Waals surface area (Å²) in [5.74, 6) is 1.45. The minimum absolute atomic E-state index is 0.236. The zero-order valence-corrected chi connectivity index (χ0v) is 14.2. The Morgan fingerprint density at radius 1 is 1.25 bits per heavy atom. The number of rotatable bonds is 3. The summed E-state index contributed by atoms with van der Waals surface area (Å²) in [6.07, 6.45) is 5.78. The number of hydrogen-bond donors (Lipinski definition) is 1. The van der Waals surface area contributed by atoms with Gasteiger partial charge in [-0.15, -0.1) is 0 Å². The van der Waals surface area contributed by atoms with E-state index in [0.29, 0.717) is 5.91 Å². The fourth-order valence-electron chi connectivity index (χ4n) is 3.60. The van der Waals surface area contributed by atoms with E-state index in [2.05, 4.69) is 33.3 Å². The van der Waals surface area contributed by atoms with E-state index >= 15 is 0 Å². The molecule has 1 aliphatic heterocycles. The van der Waals surface area contributed by atoms with Gasteiger partial charge in [0.15, 0.2) is 5.65 Å². The number of carbonyl (C=O) groups is 1. The predicted molar refractivity (Wildman–Crippen MR) is 92.8 cm³/mol. The van der Waals surface area contributed by atoms with Crippen molar-refractivity contribution < 1.29 is 4.79 Å². The van der Waals surface area contributed by atoms with Gasteiger partial charge in [-0.3, -0.25) is 4.79 Å². The topological polar surface area (TPSA) is 71.0 Å². The third kappa shape index (κ3) is 2.92. The highest BCUT2D eigenvalue weighted by atomic mass is 16.2. The lowest BCUT2D eigenvalue weighted by molar-refractivity contribution is -0.133. The van der Waals surface area contributed by atoms with Gasteiger partial charge in [-0.1, -0.05) is 0 Å². The molecule has 1 saturated carbocycles. The fraction of sp³-hybridized carbons (Fsp3) is 0.556. The van der Waals surface area contributed by atoms with Crippen LogP contribution in [0, 0.1) is 19.8 Å². The number of nitrogens with one attached hydrogen (secondary N) is 1. The average molecular weight is 325 g/mol. The minimum Gasteiger partial charge on any atom is -0.365 e. The average Bonchev–Trinajstić information content (AvgIpc) is 3.39. The van der Waals surface area contributed by atoms with Crippen molar-refractivity contribution in [1.82, 2.24) is 19.9 Å². The normalized spacial score (nSPS) is 21.1. The van der Waals surface area contributed by atoms with E-state index < -0.39 is 0 Å². The third-order valence-electron chi connectivity index (χ3n) is 4.93. The molecule has 0 radical (unpaired) electrons. The van der Waals surface area contributed by atoms with Gasteiger partial charge in [0, 0.05) is 30.7 Å². The molecule has 0 spiro atoms. The monoisotopic (exact) mass is 325 g/mol. The molecule has 4 rings (SSSR count). The number of aromatic nitrogens is 3. The van der Waals surface area contributed by atoms with Crippen molar-refractivity contribution in [1.29, 1.82) is 0 Å². The number of fused-ring (bicyclic) bond motifs is 1. The lowest BCUT2D eigenvalue weighted by atomic mass is 10.0. The van der Waals surface area contributed by atoms with Gasteiger partial charge >= 0.3 is 0 Å². The maximum atomic E-state index is 12.3. The van der Waals surface area contributed by atoms with Gasteiger partial charge in [0.1, 0.15) is 12.1 Å². The first kappa shape index (κ1) is 15.3. The Morgan fingerprint density at radius 3 is 2.88 bits per heavy atom. The van der Waals surface area contributed by atoms with Crippen molar-refractivity contribution >= 4 is 22.8 Å². The molecule has 1 N–H and O–H groups in total. The number of anilines is 1. The summed E-state index contributed by atoms with van der Waals surface area (Å²) in [5.41, 5.74) is 2.82. The van der Waals surface area contributed by atoms with Gasteiger partial charge in [-0.05, 0) is 51.2 Å². The number of nitrogens with zero attached hydrogens (tertiary/aromatic N) is 4. The predicted octanol–water partition coefficient (Wildman–Crippen LogP) is 2.45. The van der Waals surface area contributed by atoms with Gasteiger partial charge in [0.05, 0.1) is 5.39 Å². The quantitative estimate of drug-likeness (QED) is 0.938. The van der Waals surface area contributed by atoms with Crippen LogP contribution in [0.4, 0.5) is 5.82 Å². The summed E-state index contributed by atoms with van der Waals surface area (Å²) < 4.78 is 0. The minimum atomic E-state index is 0.236. The fourth-order valence-corrected chi connectivity index (χ4v) is 3.60. The zero-order chi connectivity index (χ0) is 16.7. The number of carbonyl (C=O) groups excluding carboxylic acids is 1. The van der Waals surface area contributed by atoms with Crippen molar-refractivity contribution in [2.75, 3.05) is 18.4 Å². The summed E-state index contributed by atoms with van der Waals surface area (Å²) in [6.45, 7) is 5.69. The molecule has 6 heteroatoms. The molecule has 1 atom stereocenters. The van der Waals surface area contributed by atoms with Crippen LogP contribution >= 0.6 is 0 Å². The van der Waals surface area contributed by atoms with Crippen LogP contribution in [0.2, 0.25) is 0 Å². The molecular weight excluding hydrogens is 302 g/mol. The first-order chi connectivity index (χ1) is 11.6. The molecular formula is C18H23N5O. The van der Waals surface area contributed by atoms with E-state index in [0.717, 1.165) is 66.9 Å². The molecule has 0 aromatic carbocycles. The summed E-state index contributed by atoms with van der Waals surface area (Å²) in [4.78, 5) is 27.6. The van der Waals surface area contributed by atoms with Crippen LogP contribution < -0.4 is 5.32 Å². The van der Waals surface area contributed by atoms with E-state index in [4.69, 9.17) is 0 Å². The Balaban J connectivity index is 1.56. The lowest BCUT2D eigenvalue weighted by Gasteiger charge is -2.33. The Morgan fingerprint density at radius 2 is 2.08 bits per heavy atom. The molecule has 2 fully saturated rings. The number of aryl methyl sites for hydroxylation is 2. The van der Waals surface area contributed by atoms with Crippen LogP contribution in [0.25, 0.3) is 11.0 Å². The smallest absolute Gasteiger partial charge is 0.225 e. The van der Waals surface area contributed by atoms with E-state index in [9.17, 15) is 4.79 Å². The lowest BCUT2D eigenvalue weighted by Crippen LogP contribution is -2.45. The van der Waals surface area contributed by atoms with E-state index in [-0.39, 0.29) is 12.0 Å². The molecule has 1 amide bonds. The first-order valence-electron chi connectivity index (χ1n) is 8.76. The SMILES string of the molecule is Cc1cc(C)c2c(N[C@@H]3CCCN(C(=O)C4CC4)C3)ncnc2n1. The van der Waals surface area contributed by atoms with Crippen molar-refractivity contribution in [3.05, 3.63) is 23.7 Å². The number of pyridine rings is 1. The van der Waals surface area contributed by atoms with Crippen molar-refractivity contribution in [2.45, 2.75) is 45.6 Å². The Bertz CT molecular complexity index is 786. The van der Waals surface area contributed by atoms with Crippen LogP contribution in [0.1, 0.15) is 36.9 Å². The van der Waals surface area contributed by atoms with E-state index in [1.807, 2.05) is 11.8 Å². The van der Waals surface area contributed by atoms with Gasteiger partial charge < -0.3 is 10.2 Å². The maximum Gasteiger partial charge on any atom is 0.225 e. The maximum absolute atomic E-state index is 12.3. The highest BCUT2D eigenvalue weighted by molar-refractivity contribution is 5.89. The molecule has 6 nitrogen and oxygen atoms in total. The van der Waals surface area contributed by atoms with Gasteiger partial charge in [0.25, 0.3) is 0 Å². The molecule has 1 saturated heterocycles. The Kier molecular flexibility index (Phi) is 3.82. The van der Waals surface area contributed by atoms with E-state index in [1.165, 1.54) is 0 Å². The molecule has 2 aromatic heterocycles. The standard InChI is InChI=1S/C18H23N5O/c1-11-8-12(2)21-16-15(11)17(20-10-19-16)22-14-4-3-7-23(9-14)18(24)13-5-6-13/h8,10,13-14H,3-7,9H2,1-2H3,(H,19,20,21,22)/t14-/m1/s1. The molecule has 3 heterocycles. The van der Waals surface area contributed by atoms with Crippen LogP contribution in [-0.2, 0) is 4.79 Å². The molecule has 2 aromatic rings. The second kappa shape index (κ2) is 6.00. The summed E-state index contributed by atoms with van der Waals surface area (Å²) in [5, 5.41) is 4.52. The van der Waals surface area contributed by atoms with Crippen molar-refractivity contribution in [2.24, 2.45) is 5.92 Å². The highest BCUT2D eigenvalue weighted by Gasteiger charge is 2.35. The second-order valence-electron chi connectivity index (χ2n) is 7.04. The number of amides is 1. The van der Waals surface area contributed by atoms with Gasteiger partial charge in [-0.25, -0.2) is 15.0 Å². The second-order valence-corrected chi connectivity index (χ2v) is 7.04. The number of likely N-dealkylation sites (tertiary alicyclic amines) is 1. The van der Waals surface area contributed by atoms with Crippen LogP contribution in [-0.4, -0.2) is 44.9 Å². The first-order valence-corrected chi connectivity index (χ1v) is 8.76. The van der Waals surface area contributed by atoms with Gasteiger partial charge in [0.2, 0.25) is 5.91 Å². The highest BCUT2D eigenvalue weighted by Crippen LogP contribution is 2.32. The summed E-state index contributed by atoms with van der Waals surface area (Å²) in [7, 11) is 0. The molecule has 126 valence electrons. The van der Waals surface area contributed by atoms with Crippen LogP contribution in [0.3, 0.4) is 0 Å². The Hall–Kier alpha value is -2.24.